The predicted molar refractivity (Wildman–Crippen MR) is 127 cm³/mol. The molecule has 0 aliphatic rings. The Hall–Kier alpha value is -4.60. The SMILES string of the molecule is NC(=O)c1ccc(Oc2ccc(OCc3cccc(C(F)(F)F)c3)cc2)nc1Cc1ccnc(N)c1. The summed E-state index contributed by atoms with van der Waals surface area (Å²) in [5.41, 5.74) is 12.4. The summed E-state index contributed by atoms with van der Waals surface area (Å²) in [5, 5.41) is 0. The number of amides is 1. The van der Waals surface area contributed by atoms with Gasteiger partial charge in [-0.2, -0.15) is 13.2 Å². The van der Waals surface area contributed by atoms with Crippen LogP contribution in [0, 0.1) is 0 Å². The lowest BCUT2D eigenvalue weighted by molar-refractivity contribution is -0.137. The van der Waals surface area contributed by atoms with Gasteiger partial charge in [0.25, 0.3) is 5.91 Å². The van der Waals surface area contributed by atoms with Crippen molar-refractivity contribution in [1.82, 2.24) is 9.97 Å². The molecule has 7 nitrogen and oxygen atoms in total. The topological polar surface area (TPSA) is 113 Å². The molecule has 0 bridgehead atoms. The molecule has 2 aromatic carbocycles. The Labute approximate surface area is 204 Å². The fourth-order valence-corrected chi connectivity index (χ4v) is 3.42. The molecule has 0 aliphatic heterocycles. The number of carbonyl (C=O) groups excluding carboxylic acids is 1. The van der Waals surface area contributed by atoms with Gasteiger partial charge in [0, 0.05) is 18.7 Å². The van der Waals surface area contributed by atoms with Crippen LogP contribution in [0.4, 0.5) is 19.0 Å². The second kappa shape index (κ2) is 10.3. The molecule has 0 atom stereocenters. The molecule has 36 heavy (non-hydrogen) atoms. The molecule has 4 N–H and O–H groups in total. The van der Waals surface area contributed by atoms with Crippen molar-refractivity contribution in [3.8, 4) is 17.4 Å². The van der Waals surface area contributed by atoms with E-state index in [1.165, 1.54) is 18.2 Å². The summed E-state index contributed by atoms with van der Waals surface area (Å²) >= 11 is 0. The average Bonchev–Trinajstić information content (AvgIpc) is 2.83. The third-order valence-corrected chi connectivity index (χ3v) is 5.14. The van der Waals surface area contributed by atoms with E-state index in [2.05, 4.69) is 9.97 Å². The first-order valence-electron chi connectivity index (χ1n) is 10.7. The van der Waals surface area contributed by atoms with Crippen LogP contribution in [0.1, 0.15) is 32.7 Å². The van der Waals surface area contributed by atoms with Gasteiger partial charge in [-0.1, -0.05) is 12.1 Å². The van der Waals surface area contributed by atoms with Crippen LogP contribution in [0.3, 0.4) is 0 Å². The molecule has 184 valence electrons. The maximum absolute atomic E-state index is 12.9. The Bertz CT molecular complexity index is 1380. The number of alkyl halides is 3. The Morgan fingerprint density at radius 3 is 2.36 bits per heavy atom. The summed E-state index contributed by atoms with van der Waals surface area (Å²) in [4.78, 5) is 20.2. The number of anilines is 1. The monoisotopic (exact) mass is 494 g/mol. The molecule has 0 spiro atoms. The van der Waals surface area contributed by atoms with E-state index in [0.717, 1.165) is 17.7 Å². The fraction of sp³-hybridized carbons (Fsp3) is 0.115. The van der Waals surface area contributed by atoms with E-state index in [0.29, 0.717) is 35.0 Å². The maximum atomic E-state index is 12.9. The first-order valence-corrected chi connectivity index (χ1v) is 10.7. The zero-order chi connectivity index (χ0) is 25.7. The molecule has 0 saturated heterocycles. The van der Waals surface area contributed by atoms with Crippen molar-refractivity contribution in [3.63, 3.8) is 0 Å². The van der Waals surface area contributed by atoms with Crippen LogP contribution in [0.2, 0.25) is 0 Å². The van der Waals surface area contributed by atoms with Gasteiger partial charge in [-0.15, -0.1) is 0 Å². The number of primary amides is 1. The number of hydrogen-bond donors (Lipinski definition) is 2. The number of nitrogens with two attached hydrogens (primary N) is 2. The van der Waals surface area contributed by atoms with Gasteiger partial charge < -0.3 is 20.9 Å². The van der Waals surface area contributed by atoms with Gasteiger partial charge in [0.05, 0.1) is 16.8 Å². The zero-order valence-corrected chi connectivity index (χ0v) is 18.8. The van der Waals surface area contributed by atoms with Crippen LogP contribution in [0.25, 0.3) is 0 Å². The fourth-order valence-electron chi connectivity index (χ4n) is 3.42. The van der Waals surface area contributed by atoms with Crippen LogP contribution in [0.5, 0.6) is 17.4 Å². The summed E-state index contributed by atoms with van der Waals surface area (Å²) in [6, 6.07) is 18.0. The molecule has 2 aromatic heterocycles. The maximum Gasteiger partial charge on any atom is 0.416 e. The first kappa shape index (κ1) is 24.5. The lowest BCUT2D eigenvalue weighted by Crippen LogP contribution is -2.15. The van der Waals surface area contributed by atoms with E-state index in [4.69, 9.17) is 20.9 Å². The summed E-state index contributed by atoms with van der Waals surface area (Å²) in [6.07, 6.45) is -2.56. The number of nitrogen functional groups attached to an aromatic ring is 1. The molecule has 4 rings (SSSR count). The summed E-state index contributed by atoms with van der Waals surface area (Å²) < 4.78 is 50.0. The number of pyridine rings is 2. The third-order valence-electron chi connectivity index (χ3n) is 5.14. The lowest BCUT2D eigenvalue weighted by atomic mass is 10.1. The van der Waals surface area contributed by atoms with Gasteiger partial charge in [-0.05, 0) is 65.7 Å². The van der Waals surface area contributed by atoms with Crippen LogP contribution in [0.15, 0.2) is 79.0 Å². The molecular formula is C26H21F3N4O3. The first-order chi connectivity index (χ1) is 17.2. The quantitative estimate of drug-likeness (QED) is 0.351. The molecule has 1 amide bonds. The number of ether oxygens (including phenoxy) is 2. The lowest BCUT2D eigenvalue weighted by Gasteiger charge is -2.12. The van der Waals surface area contributed by atoms with E-state index >= 15 is 0 Å². The van der Waals surface area contributed by atoms with Crippen molar-refractivity contribution < 1.29 is 27.4 Å². The van der Waals surface area contributed by atoms with Crippen LogP contribution < -0.4 is 20.9 Å². The van der Waals surface area contributed by atoms with Crippen LogP contribution in [-0.4, -0.2) is 15.9 Å². The molecular weight excluding hydrogens is 473 g/mol. The Morgan fingerprint density at radius 1 is 0.917 bits per heavy atom. The summed E-state index contributed by atoms with van der Waals surface area (Å²) in [6.45, 7) is -0.0247. The van der Waals surface area contributed by atoms with Crippen molar-refractivity contribution in [2.24, 2.45) is 5.73 Å². The highest BCUT2D eigenvalue weighted by molar-refractivity contribution is 5.94. The minimum absolute atomic E-state index is 0.0247. The molecule has 4 aromatic rings. The average molecular weight is 494 g/mol. The van der Waals surface area contributed by atoms with Gasteiger partial charge in [-0.3, -0.25) is 4.79 Å². The number of nitrogens with zero attached hydrogens (tertiary/aromatic N) is 2. The Kier molecular flexibility index (Phi) is 7.05. The molecule has 0 fully saturated rings. The summed E-state index contributed by atoms with van der Waals surface area (Å²) in [5.74, 6) is 0.867. The standard InChI is InChI=1S/C26H21F3N4O3/c27-26(28,29)18-3-1-2-17(12-18)15-35-19-4-6-20(7-5-19)36-24-9-8-21(25(31)34)22(33-24)13-16-10-11-32-23(30)14-16/h1-12,14H,13,15H2,(H2,30,32)(H2,31,34). The molecule has 0 radical (unpaired) electrons. The van der Waals surface area contributed by atoms with Crippen molar-refractivity contribution in [3.05, 3.63) is 107 Å². The van der Waals surface area contributed by atoms with E-state index in [9.17, 15) is 18.0 Å². The highest BCUT2D eigenvalue weighted by atomic mass is 19.4. The normalized spacial score (nSPS) is 11.2. The smallest absolute Gasteiger partial charge is 0.416 e. The van der Waals surface area contributed by atoms with Gasteiger partial charge in [0.2, 0.25) is 5.88 Å². The Morgan fingerprint density at radius 2 is 1.67 bits per heavy atom. The van der Waals surface area contributed by atoms with Crippen LogP contribution in [-0.2, 0) is 19.2 Å². The van der Waals surface area contributed by atoms with Crippen molar-refractivity contribution in [2.75, 3.05) is 5.73 Å². The molecule has 0 aliphatic carbocycles. The van der Waals surface area contributed by atoms with Crippen molar-refractivity contribution in [2.45, 2.75) is 19.2 Å². The number of benzene rings is 2. The number of aromatic nitrogens is 2. The van der Waals surface area contributed by atoms with Gasteiger partial charge in [0.1, 0.15) is 23.9 Å². The Balaban J connectivity index is 1.44. The molecule has 2 heterocycles. The van der Waals surface area contributed by atoms with E-state index in [-0.39, 0.29) is 18.1 Å². The summed E-state index contributed by atoms with van der Waals surface area (Å²) in [7, 11) is 0. The highest BCUT2D eigenvalue weighted by Gasteiger charge is 2.30. The minimum Gasteiger partial charge on any atom is -0.489 e. The van der Waals surface area contributed by atoms with Crippen molar-refractivity contribution >= 4 is 11.7 Å². The second-order valence-corrected chi connectivity index (χ2v) is 7.83. The van der Waals surface area contributed by atoms with Gasteiger partial charge in [-0.25, -0.2) is 9.97 Å². The number of halogens is 3. The number of carbonyl (C=O) groups is 1. The van der Waals surface area contributed by atoms with Crippen molar-refractivity contribution in [1.29, 1.82) is 0 Å². The zero-order valence-electron chi connectivity index (χ0n) is 18.8. The van der Waals surface area contributed by atoms with E-state index < -0.39 is 17.6 Å². The molecule has 10 heteroatoms. The van der Waals surface area contributed by atoms with Crippen LogP contribution >= 0.6 is 0 Å². The number of rotatable bonds is 8. The second-order valence-electron chi connectivity index (χ2n) is 7.83. The van der Waals surface area contributed by atoms with Gasteiger partial charge in [0.15, 0.2) is 0 Å². The number of hydrogen-bond acceptors (Lipinski definition) is 6. The predicted octanol–water partition coefficient (Wildman–Crippen LogP) is 5.14. The third kappa shape index (κ3) is 6.29. The van der Waals surface area contributed by atoms with E-state index in [1.54, 1.807) is 48.7 Å². The molecule has 0 saturated carbocycles. The molecule has 0 unspecified atom stereocenters. The van der Waals surface area contributed by atoms with E-state index in [1.807, 2.05) is 0 Å². The largest absolute Gasteiger partial charge is 0.489 e. The highest BCUT2D eigenvalue weighted by Crippen LogP contribution is 2.30. The minimum atomic E-state index is -4.41. The van der Waals surface area contributed by atoms with Gasteiger partial charge >= 0.3 is 6.18 Å².